The van der Waals surface area contributed by atoms with Gasteiger partial charge in [0.2, 0.25) is 0 Å². The predicted molar refractivity (Wildman–Crippen MR) is 94.1 cm³/mol. The summed E-state index contributed by atoms with van der Waals surface area (Å²) in [6.45, 7) is 2.40. The summed E-state index contributed by atoms with van der Waals surface area (Å²) in [4.78, 5) is 0. The molecule has 1 fully saturated rings. The molecule has 24 heavy (non-hydrogen) atoms. The molecule has 0 N–H and O–H groups in total. The Bertz CT molecular complexity index is 674. The molecule has 3 aliphatic rings. The van der Waals surface area contributed by atoms with Crippen molar-refractivity contribution < 1.29 is 44.0 Å². The van der Waals surface area contributed by atoms with Crippen LogP contribution in [0.5, 0.6) is 0 Å². The van der Waals surface area contributed by atoms with Crippen molar-refractivity contribution in [1.82, 2.24) is 0 Å². The van der Waals surface area contributed by atoms with Crippen molar-refractivity contribution >= 4 is 14.1 Å². The fourth-order valence-electron chi connectivity index (χ4n) is 4.63. The minimum Gasteiger partial charge on any atom is -1.00 e. The third-order valence-electron chi connectivity index (χ3n) is 5.71. The second kappa shape index (κ2) is 8.56. The molecule has 126 valence electrons. The van der Waals surface area contributed by atoms with Crippen LogP contribution in [-0.2, 0) is 19.2 Å². The van der Waals surface area contributed by atoms with Crippen LogP contribution >= 0.6 is 0 Å². The summed E-state index contributed by atoms with van der Waals surface area (Å²) in [5.74, 6) is 0. The molecule has 4 rings (SSSR count). The molecule has 1 aliphatic heterocycles. The van der Waals surface area contributed by atoms with Gasteiger partial charge in [0.05, 0.1) is 0 Å². The van der Waals surface area contributed by atoms with Gasteiger partial charge in [-0.15, -0.1) is 0 Å². The van der Waals surface area contributed by atoms with E-state index in [4.69, 9.17) is 0 Å². The number of fused-ring (bicyclic) bond motifs is 1. The summed E-state index contributed by atoms with van der Waals surface area (Å²) < 4.78 is 3.61. The quantitative estimate of drug-likeness (QED) is 0.592. The molecular weight excluding hydrogens is 387 g/mol. The molecule has 1 atom stereocenters. The van der Waals surface area contributed by atoms with Crippen molar-refractivity contribution in [3.63, 3.8) is 0 Å². The topological polar surface area (TPSA) is 0 Å². The van der Waals surface area contributed by atoms with Crippen LogP contribution in [-0.4, -0.2) is 8.07 Å². The summed E-state index contributed by atoms with van der Waals surface area (Å²) in [5.41, 5.74) is 4.12. The van der Waals surface area contributed by atoms with Gasteiger partial charge in [-0.1, -0.05) is 0 Å². The van der Waals surface area contributed by atoms with E-state index >= 15 is 0 Å². The van der Waals surface area contributed by atoms with Crippen molar-refractivity contribution in [2.75, 3.05) is 0 Å². The van der Waals surface area contributed by atoms with Gasteiger partial charge in [0.1, 0.15) is 0 Å². The van der Waals surface area contributed by atoms with Crippen molar-refractivity contribution in [2.45, 2.75) is 49.9 Å². The van der Waals surface area contributed by atoms with Gasteiger partial charge in [-0.25, -0.2) is 0 Å². The van der Waals surface area contributed by atoms with Gasteiger partial charge >= 0.3 is 145 Å². The Hall–Kier alpha value is -0.0488. The number of hydrogen-bond acceptors (Lipinski definition) is 0. The first-order valence-electron chi connectivity index (χ1n) is 8.76. The van der Waals surface area contributed by atoms with Gasteiger partial charge in [0.15, 0.2) is 0 Å². The smallest absolute Gasteiger partial charge is 1.00 e. The van der Waals surface area contributed by atoms with Gasteiger partial charge in [0.25, 0.3) is 0 Å². The molecule has 1 unspecified atom stereocenters. The molecule has 0 amide bonds. The first-order chi connectivity index (χ1) is 10.8. The third kappa shape index (κ3) is 3.57. The van der Waals surface area contributed by atoms with Crippen LogP contribution in [0.15, 0.2) is 50.2 Å². The fraction of sp³-hybridized carbons (Fsp3) is 0.400. The molecule has 0 spiro atoms. The van der Waals surface area contributed by atoms with E-state index in [-0.39, 0.29) is 44.0 Å². The molecule has 1 aromatic rings. The normalized spacial score (nSPS) is 22.3. The third-order valence-corrected chi connectivity index (χ3v) is 14.4. The molecule has 0 aromatic heterocycles. The predicted octanol–water partition coefficient (Wildman–Crippen LogP) is -0.139. The maximum atomic E-state index is 2.60. The summed E-state index contributed by atoms with van der Waals surface area (Å²) in [5, 5.41) is 0. The molecule has 1 aromatic carbocycles. The Labute approximate surface area is 168 Å². The van der Waals surface area contributed by atoms with E-state index in [0.29, 0.717) is 0 Å². The van der Waals surface area contributed by atoms with E-state index in [1.54, 1.807) is 33.1 Å². The van der Waals surface area contributed by atoms with Crippen LogP contribution in [0, 0.1) is 0 Å². The molecule has 4 heteroatoms. The van der Waals surface area contributed by atoms with Crippen LogP contribution in [0.3, 0.4) is 0 Å². The zero-order chi connectivity index (χ0) is 15.0. The zero-order valence-electron chi connectivity index (χ0n) is 14.2. The van der Waals surface area contributed by atoms with E-state index in [1.165, 1.54) is 19.3 Å². The zero-order valence-corrected chi connectivity index (χ0v) is 18.3. The minimum atomic E-state index is -1.08. The van der Waals surface area contributed by atoms with Gasteiger partial charge < -0.3 is 24.8 Å². The van der Waals surface area contributed by atoms with Crippen LogP contribution in [0.4, 0.5) is 0 Å². The maximum absolute atomic E-state index is 2.60. The Morgan fingerprint density at radius 2 is 1.96 bits per heavy atom. The molecule has 1 heterocycles. The largest absolute Gasteiger partial charge is 1.00 e. The molecule has 2 aliphatic carbocycles. The van der Waals surface area contributed by atoms with Crippen LogP contribution in [0.25, 0.3) is 6.08 Å². The Morgan fingerprint density at radius 3 is 2.58 bits per heavy atom. The minimum absolute atomic E-state index is 0. The first kappa shape index (κ1) is 20.3. The van der Waals surface area contributed by atoms with E-state index < -0.39 is 8.07 Å². The van der Waals surface area contributed by atoms with Gasteiger partial charge in [-0.05, 0) is 0 Å². The van der Waals surface area contributed by atoms with Crippen LogP contribution in [0.1, 0.15) is 42.9 Å². The molecule has 1 saturated heterocycles. The van der Waals surface area contributed by atoms with Crippen molar-refractivity contribution in [3.8, 4) is 0 Å². The number of benzene rings is 1. The Balaban J connectivity index is 0.00000104. The average Bonchev–Trinajstić information content (AvgIpc) is 3.11. The molecule has 0 radical (unpaired) electrons. The van der Waals surface area contributed by atoms with Crippen molar-refractivity contribution in [1.29, 1.82) is 0 Å². The van der Waals surface area contributed by atoms with E-state index in [1.807, 2.05) is 3.88 Å². The summed E-state index contributed by atoms with van der Waals surface area (Å²) in [6, 6.07) is 14.0. The molecule has 0 nitrogen and oxygen atoms in total. The first-order valence-corrected chi connectivity index (χ1v) is 13.0. The standard InChI is InChI=1S/C15H19Si.C5H5.2ClH.Ti/c1-2-10-16(11-5-12-16)15-9-8-13-6-3-4-7-14(13)15;1-2-4-5-3-1;;;/h3-4,6-8,15H,2,5,10-12H2,1H3;1-3H,4H2;2*1H;/q;;;;+2/p-2. The summed E-state index contributed by atoms with van der Waals surface area (Å²) in [6.07, 6.45) is 13.7. The van der Waals surface area contributed by atoms with Gasteiger partial charge in [-0.3, -0.25) is 0 Å². The Kier molecular flexibility index (Phi) is 7.22. The number of rotatable bonds is 5. The molecule has 0 bridgehead atoms. The van der Waals surface area contributed by atoms with E-state index in [0.717, 1.165) is 5.54 Å². The number of hydrogen-bond donors (Lipinski definition) is 0. The van der Waals surface area contributed by atoms with E-state index in [2.05, 4.69) is 55.5 Å². The molecular formula is C20H24Cl2SiTi. The number of allylic oxidation sites excluding steroid dienone is 5. The Morgan fingerprint density at radius 1 is 1.17 bits per heavy atom. The van der Waals surface area contributed by atoms with Crippen LogP contribution < -0.4 is 24.8 Å². The maximum Gasteiger partial charge on any atom is -1.00 e. The van der Waals surface area contributed by atoms with Gasteiger partial charge in [-0.2, -0.15) is 0 Å². The van der Waals surface area contributed by atoms with Crippen LogP contribution in [0.2, 0.25) is 18.1 Å². The van der Waals surface area contributed by atoms with Crippen molar-refractivity contribution in [2.24, 2.45) is 0 Å². The average molecular weight is 411 g/mol. The SMILES string of the molecule is CCC[Si]1(C2[C]([Ti+2][C]3=CC=CC3)=Cc3ccccc32)CCC1.[Cl-].[Cl-]. The summed E-state index contributed by atoms with van der Waals surface area (Å²) in [7, 11) is -1.08. The van der Waals surface area contributed by atoms with Gasteiger partial charge in [0, 0.05) is 0 Å². The second-order valence-corrected chi connectivity index (χ2v) is 14.2. The monoisotopic (exact) mass is 410 g/mol. The van der Waals surface area contributed by atoms with E-state index in [9.17, 15) is 0 Å². The second-order valence-electron chi connectivity index (χ2n) is 7.08. The number of halogens is 2. The summed E-state index contributed by atoms with van der Waals surface area (Å²) >= 11 is -0.0811. The van der Waals surface area contributed by atoms with Crippen molar-refractivity contribution in [3.05, 3.63) is 61.4 Å². The fourth-order valence-corrected chi connectivity index (χ4v) is 13.7. The molecule has 0 saturated carbocycles.